The molecule has 1 saturated heterocycles. The van der Waals surface area contributed by atoms with E-state index in [4.69, 9.17) is 0 Å². The number of amides is 2. The fourth-order valence-electron chi connectivity index (χ4n) is 1.70. The van der Waals surface area contributed by atoms with Gasteiger partial charge in [-0.3, -0.25) is 4.90 Å². The van der Waals surface area contributed by atoms with Gasteiger partial charge in [0.2, 0.25) is 0 Å². The molecular weight excluding hydrogens is 178 g/mol. The van der Waals surface area contributed by atoms with Crippen molar-refractivity contribution >= 4 is 6.03 Å². The van der Waals surface area contributed by atoms with Gasteiger partial charge >= 0.3 is 6.03 Å². The van der Waals surface area contributed by atoms with Gasteiger partial charge in [0.05, 0.1) is 0 Å². The molecule has 0 saturated carbocycles. The second kappa shape index (κ2) is 5.20. The molecule has 1 aliphatic rings. The molecule has 1 fully saturated rings. The van der Waals surface area contributed by atoms with Gasteiger partial charge in [-0.1, -0.05) is 0 Å². The van der Waals surface area contributed by atoms with Crippen LogP contribution in [-0.2, 0) is 0 Å². The molecule has 1 aliphatic heterocycles. The van der Waals surface area contributed by atoms with Crippen LogP contribution >= 0.6 is 0 Å². The molecule has 82 valence electrons. The Morgan fingerprint density at radius 2 is 1.86 bits per heavy atom. The van der Waals surface area contributed by atoms with Crippen molar-refractivity contribution in [3.8, 4) is 0 Å². The molecule has 1 rings (SSSR count). The number of urea groups is 1. The summed E-state index contributed by atoms with van der Waals surface area (Å²) < 4.78 is 0. The Hall–Kier alpha value is -0.770. The van der Waals surface area contributed by atoms with Crippen molar-refractivity contribution in [3.05, 3.63) is 0 Å². The van der Waals surface area contributed by atoms with Crippen molar-refractivity contribution in [2.45, 2.75) is 26.8 Å². The summed E-state index contributed by atoms with van der Waals surface area (Å²) in [6, 6.07) is 0.669. The number of nitrogens with one attached hydrogen (secondary N) is 1. The van der Waals surface area contributed by atoms with Crippen molar-refractivity contribution in [3.63, 3.8) is 0 Å². The van der Waals surface area contributed by atoms with E-state index in [2.05, 4.69) is 24.1 Å². The number of hydrogen-bond donors (Lipinski definition) is 1. The smallest absolute Gasteiger partial charge is 0.317 e. The molecule has 0 spiro atoms. The van der Waals surface area contributed by atoms with E-state index in [0.29, 0.717) is 12.6 Å². The van der Waals surface area contributed by atoms with Crippen LogP contribution in [0.4, 0.5) is 4.79 Å². The fourth-order valence-corrected chi connectivity index (χ4v) is 1.70. The summed E-state index contributed by atoms with van der Waals surface area (Å²) >= 11 is 0. The van der Waals surface area contributed by atoms with E-state index >= 15 is 0 Å². The van der Waals surface area contributed by atoms with E-state index in [9.17, 15) is 4.79 Å². The summed E-state index contributed by atoms with van der Waals surface area (Å²) in [7, 11) is 0. The number of carbonyl (C=O) groups excluding carboxylic acids is 1. The van der Waals surface area contributed by atoms with Crippen LogP contribution < -0.4 is 5.32 Å². The first-order valence-electron chi connectivity index (χ1n) is 5.42. The molecule has 0 aliphatic carbocycles. The summed E-state index contributed by atoms with van der Waals surface area (Å²) in [5.41, 5.74) is 0. The normalized spacial score (nSPS) is 18.7. The highest BCUT2D eigenvalue weighted by molar-refractivity contribution is 5.74. The first kappa shape index (κ1) is 11.3. The largest absolute Gasteiger partial charge is 0.338 e. The molecule has 4 nitrogen and oxygen atoms in total. The molecule has 0 radical (unpaired) electrons. The van der Waals surface area contributed by atoms with Crippen LogP contribution in [0.5, 0.6) is 0 Å². The van der Waals surface area contributed by atoms with Crippen LogP contribution in [0.15, 0.2) is 0 Å². The minimum Gasteiger partial charge on any atom is -0.338 e. The van der Waals surface area contributed by atoms with Crippen molar-refractivity contribution < 1.29 is 4.79 Å². The molecule has 0 aromatic rings. The fraction of sp³-hybridized carbons (Fsp3) is 0.900. The SMILES string of the molecule is CCNC(=O)N1CCN(C(C)C)CC1. The van der Waals surface area contributed by atoms with Gasteiger partial charge in [-0.05, 0) is 20.8 Å². The van der Waals surface area contributed by atoms with Gasteiger partial charge in [0, 0.05) is 38.8 Å². The van der Waals surface area contributed by atoms with Crippen molar-refractivity contribution in [2.24, 2.45) is 0 Å². The molecule has 1 heterocycles. The molecule has 0 bridgehead atoms. The first-order valence-corrected chi connectivity index (χ1v) is 5.42. The highest BCUT2D eigenvalue weighted by Gasteiger charge is 2.21. The second-order valence-corrected chi connectivity index (χ2v) is 3.95. The number of rotatable bonds is 2. The standard InChI is InChI=1S/C10H21N3O/c1-4-11-10(14)13-7-5-12(6-8-13)9(2)3/h9H,4-8H2,1-3H3,(H,11,14). The Kier molecular flexibility index (Phi) is 4.20. The Morgan fingerprint density at radius 3 is 2.29 bits per heavy atom. The molecule has 4 heteroatoms. The van der Waals surface area contributed by atoms with Crippen LogP contribution in [0.3, 0.4) is 0 Å². The number of carbonyl (C=O) groups is 1. The number of piperazine rings is 1. The third-order valence-corrected chi connectivity index (χ3v) is 2.66. The monoisotopic (exact) mass is 199 g/mol. The quantitative estimate of drug-likeness (QED) is 0.712. The van der Waals surface area contributed by atoms with Gasteiger partial charge in [0.1, 0.15) is 0 Å². The predicted octanol–water partition coefficient (Wildman–Crippen LogP) is 0.742. The van der Waals surface area contributed by atoms with E-state index in [-0.39, 0.29) is 6.03 Å². The Labute approximate surface area is 86.2 Å². The Bertz CT molecular complexity index is 186. The highest BCUT2D eigenvalue weighted by Crippen LogP contribution is 2.05. The Morgan fingerprint density at radius 1 is 1.29 bits per heavy atom. The number of hydrogen-bond acceptors (Lipinski definition) is 2. The van der Waals surface area contributed by atoms with Crippen LogP contribution in [0, 0.1) is 0 Å². The van der Waals surface area contributed by atoms with E-state index in [1.807, 2.05) is 11.8 Å². The van der Waals surface area contributed by atoms with Crippen molar-refractivity contribution in [2.75, 3.05) is 32.7 Å². The van der Waals surface area contributed by atoms with E-state index in [1.165, 1.54) is 0 Å². The van der Waals surface area contributed by atoms with Gasteiger partial charge in [0.15, 0.2) is 0 Å². The van der Waals surface area contributed by atoms with E-state index in [0.717, 1.165) is 26.2 Å². The van der Waals surface area contributed by atoms with Gasteiger partial charge in [0.25, 0.3) is 0 Å². The number of nitrogens with zero attached hydrogens (tertiary/aromatic N) is 2. The first-order chi connectivity index (χ1) is 6.65. The van der Waals surface area contributed by atoms with Crippen molar-refractivity contribution in [1.82, 2.24) is 15.1 Å². The van der Waals surface area contributed by atoms with E-state index < -0.39 is 0 Å². The second-order valence-electron chi connectivity index (χ2n) is 3.95. The highest BCUT2D eigenvalue weighted by atomic mass is 16.2. The molecule has 0 atom stereocenters. The summed E-state index contributed by atoms with van der Waals surface area (Å²) in [5, 5.41) is 2.83. The summed E-state index contributed by atoms with van der Waals surface area (Å²) in [5.74, 6) is 0. The van der Waals surface area contributed by atoms with Gasteiger partial charge < -0.3 is 10.2 Å². The zero-order valence-corrected chi connectivity index (χ0v) is 9.42. The maximum absolute atomic E-state index is 11.5. The summed E-state index contributed by atoms with van der Waals surface area (Å²) in [4.78, 5) is 15.8. The average Bonchev–Trinajstić information content (AvgIpc) is 2.18. The lowest BCUT2D eigenvalue weighted by Gasteiger charge is -2.36. The zero-order chi connectivity index (χ0) is 10.6. The third kappa shape index (κ3) is 2.87. The molecule has 1 N–H and O–H groups in total. The lowest BCUT2D eigenvalue weighted by Crippen LogP contribution is -2.53. The van der Waals surface area contributed by atoms with Gasteiger partial charge in [-0.15, -0.1) is 0 Å². The summed E-state index contributed by atoms with van der Waals surface area (Å²) in [6.07, 6.45) is 0. The van der Waals surface area contributed by atoms with Crippen LogP contribution in [0.1, 0.15) is 20.8 Å². The third-order valence-electron chi connectivity index (χ3n) is 2.66. The zero-order valence-electron chi connectivity index (χ0n) is 9.42. The molecule has 0 aromatic heterocycles. The molecule has 2 amide bonds. The topological polar surface area (TPSA) is 35.6 Å². The predicted molar refractivity (Wildman–Crippen MR) is 57.4 cm³/mol. The van der Waals surface area contributed by atoms with Crippen molar-refractivity contribution in [1.29, 1.82) is 0 Å². The maximum Gasteiger partial charge on any atom is 0.317 e. The average molecular weight is 199 g/mol. The van der Waals surface area contributed by atoms with Crippen LogP contribution in [-0.4, -0.2) is 54.6 Å². The van der Waals surface area contributed by atoms with Gasteiger partial charge in [-0.25, -0.2) is 4.79 Å². The molecular formula is C10H21N3O. The summed E-state index contributed by atoms with van der Waals surface area (Å²) in [6.45, 7) is 10.7. The lowest BCUT2D eigenvalue weighted by molar-refractivity contribution is 0.119. The maximum atomic E-state index is 11.5. The molecule has 0 aromatic carbocycles. The lowest BCUT2D eigenvalue weighted by atomic mass is 10.2. The van der Waals surface area contributed by atoms with E-state index in [1.54, 1.807) is 0 Å². The Balaban J connectivity index is 2.31. The molecule has 0 unspecified atom stereocenters. The molecule has 14 heavy (non-hydrogen) atoms. The minimum atomic E-state index is 0.0795. The minimum absolute atomic E-state index is 0.0795. The van der Waals surface area contributed by atoms with Crippen LogP contribution in [0.2, 0.25) is 0 Å². The van der Waals surface area contributed by atoms with Crippen LogP contribution in [0.25, 0.3) is 0 Å². The van der Waals surface area contributed by atoms with Gasteiger partial charge in [-0.2, -0.15) is 0 Å².